The Morgan fingerprint density at radius 3 is 2.88 bits per heavy atom. The molecule has 0 atom stereocenters. The second kappa shape index (κ2) is 4.01. The first-order valence-corrected chi connectivity index (χ1v) is 5.66. The van der Waals surface area contributed by atoms with Gasteiger partial charge >= 0.3 is 0 Å². The van der Waals surface area contributed by atoms with E-state index in [1.54, 1.807) is 18.6 Å². The zero-order chi connectivity index (χ0) is 11.7. The van der Waals surface area contributed by atoms with E-state index in [-0.39, 0.29) is 0 Å². The summed E-state index contributed by atoms with van der Waals surface area (Å²) in [5, 5.41) is 0. The standard InChI is InChI=1S/C14H13N3/c1-11-6-9-17(14-10-15-7-8-16-14)13-5-3-2-4-12(11)13/h2-8,10H,9H2,1H3. The van der Waals surface area contributed by atoms with Gasteiger partial charge in [0.25, 0.3) is 0 Å². The molecule has 0 saturated heterocycles. The average molecular weight is 223 g/mol. The van der Waals surface area contributed by atoms with E-state index in [0.717, 1.165) is 12.4 Å². The summed E-state index contributed by atoms with van der Waals surface area (Å²) in [5.41, 5.74) is 3.79. The maximum atomic E-state index is 4.36. The summed E-state index contributed by atoms with van der Waals surface area (Å²) in [5.74, 6) is 0.892. The van der Waals surface area contributed by atoms with Gasteiger partial charge in [-0.25, -0.2) is 4.98 Å². The van der Waals surface area contributed by atoms with Crippen molar-refractivity contribution in [1.29, 1.82) is 0 Å². The predicted molar refractivity (Wildman–Crippen MR) is 69.1 cm³/mol. The van der Waals surface area contributed by atoms with E-state index >= 15 is 0 Å². The topological polar surface area (TPSA) is 29.0 Å². The highest BCUT2D eigenvalue weighted by atomic mass is 15.2. The van der Waals surface area contributed by atoms with Gasteiger partial charge < -0.3 is 4.90 Å². The molecule has 0 aliphatic carbocycles. The number of hydrogen-bond acceptors (Lipinski definition) is 3. The summed E-state index contributed by atoms with van der Waals surface area (Å²) in [7, 11) is 0. The minimum atomic E-state index is 0.849. The molecule has 1 aromatic carbocycles. The number of aromatic nitrogens is 2. The van der Waals surface area contributed by atoms with Crippen molar-refractivity contribution in [2.75, 3.05) is 11.4 Å². The van der Waals surface area contributed by atoms with Gasteiger partial charge in [-0.2, -0.15) is 0 Å². The fraction of sp³-hybridized carbons (Fsp3) is 0.143. The maximum Gasteiger partial charge on any atom is 0.151 e. The third kappa shape index (κ3) is 1.69. The van der Waals surface area contributed by atoms with Gasteiger partial charge in [0.05, 0.1) is 11.9 Å². The Morgan fingerprint density at radius 2 is 2.06 bits per heavy atom. The number of fused-ring (bicyclic) bond motifs is 1. The molecule has 0 amide bonds. The van der Waals surface area contributed by atoms with Crippen LogP contribution in [0.2, 0.25) is 0 Å². The smallest absolute Gasteiger partial charge is 0.151 e. The van der Waals surface area contributed by atoms with Crippen LogP contribution in [0.5, 0.6) is 0 Å². The van der Waals surface area contributed by atoms with Crippen LogP contribution in [0.15, 0.2) is 48.9 Å². The lowest BCUT2D eigenvalue weighted by atomic mass is 10.0. The van der Waals surface area contributed by atoms with Crippen molar-refractivity contribution in [2.45, 2.75) is 6.92 Å². The Balaban J connectivity index is 2.11. The van der Waals surface area contributed by atoms with Crippen LogP contribution in [0.1, 0.15) is 12.5 Å². The summed E-state index contributed by atoms with van der Waals surface area (Å²) in [6.45, 7) is 2.99. The van der Waals surface area contributed by atoms with Crippen molar-refractivity contribution in [3.63, 3.8) is 0 Å². The number of para-hydroxylation sites is 1. The van der Waals surface area contributed by atoms with Crippen LogP contribution in [0.3, 0.4) is 0 Å². The molecule has 0 bridgehead atoms. The highest BCUT2D eigenvalue weighted by molar-refractivity contribution is 5.82. The molecule has 1 aliphatic rings. The fourth-order valence-electron chi connectivity index (χ4n) is 2.13. The summed E-state index contributed by atoms with van der Waals surface area (Å²) < 4.78 is 0. The van der Waals surface area contributed by atoms with E-state index in [1.165, 1.54) is 16.8 Å². The van der Waals surface area contributed by atoms with Gasteiger partial charge in [-0.1, -0.05) is 24.3 Å². The molecular formula is C14H13N3. The van der Waals surface area contributed by atoms with E-state index in [2.05, 4.69) is 52.1 Å². The largest absolute Gasteiger partial charge is 0.321 e. The molecule has 2 aromatic rings. The number of nitrogens with zero attached hydrogens (tertiary/aromatic N) is 3. The predicted octanol–water partition coefficient (Wildman–Crippen LogP) is 3.03. The Labute approximate surface area is 100 Å². The molecule has 2 heterocycles. The number of hydrogen-bond donors (Lipinski definition) is 0. The van der Waals surface area contributed by atoms with Crippen molar-refractivity contribution >= 4 is 17.1 Å². The molecular weight excluding hydrogens is 210 g/mol. The molecule has 0 spiro atoms. The van der Waals surface area contributed by atoms with Crippen molar-refractivity contribution < 1.29 is 0 Å². The van der Waals surface area contributed by atoms with Crippen molar-refractivity contribution in [1.82, 2.24) is 9.97 Å². The monoisotopic (exact) mass is 223 g/mol. The molecule has 0 unspecified atom stereocenters. The molecule has 17 heavy (non-hydrogen) atoms. The van der Waals surface area contributed by atoms with Crippen LogP contribution in [0, 0.1) is 0 Å². The van der Waals surface area contributed by atoms with E-state index < -0.39 is 0 Å². The highest BCUT2D eigenvalue weighted by Gasteiger charge is 2.17. The van der Waals surface area contributed by atoms with Crippen molar-refractivity contribution in [3.8, 4) is 0 Å². The second-order valence-corrected chi connectivity index (χ2v) is 4.08. The van der Waals surface area contributed by atoms with Crippen LogP contribution < -0.4 is 4.90 Å². The maximum absolute atomic E-state index is 4.36. The molecule has 1 aliphatic heterocycles. The number of rotatable bonds is 1. The fourth-order valence-corrected chi connectivity index (χ4v) is 2.13. The highest BCUT2D eigenvalue weighted by Crippen LogP contribution is 2.34. The van der Waals surface area contributed by atoms with Gasteiger partial charge in [0, 0.05) is 24.5 Å². The first kappa shape index (κ1) is 10.0. The number of anilines is 2. The lowest BCUT2D eigenvalue weighted by molar-refractivity contribution is 1.01. The van der Waals surface area contributed by atoms with Crippen LogP contribution >= 0.6 is 0 Å². The van der Waals surface area contributed by atoms with E-state index in [1.807, 2.05) is 0 Å². The first-order chi connectivity index (χ1) is 8.36. The lowest BCUT2D eigenvalue weighted by Gasteiger charge is -2.28. The molecule has 0 N–H and O–H groups in total. The van der Waals surface area contributed by atoms with Crippen LogP contribution in [-0.2, 0) is 0 Å². The van der Waals surface area contributed by atoms with Gasteiger partial charge in [-0.3, -0.25) is 4.98 Å². The van der Waals surface area contributed by atoms with Gasteiger partial charge in [-0.05, 0) is 18.6 Å². The average Bonchev–Trinajstić information content (AvgIpc) is 2.41. The van der Waals surface area contributed by atoms with Gasteiger partial charge in [-0.15, -0.1) is 0 Å². The Bertz CT molecular complexity index is 561. The zero-order valence-corrected chi connectivity index (χ0v) is 9.67. The quantitative estimate of drug-likeness (QED) is 0.744. The summed E-state index contributed by atoms with van der Waals surface area (Å²) in [6.07, 6.45) is 7.44. The van der Waals surface area contributed by atoms with E-state index in [4.69, 9.17) is 0 Å². The Kier molecular flexibility index (Phi) is 2.37. The van der Waals surface area contributed by atoms with Crippen LogP contribution in [0.4, 0.5) is 11.5 Å². The second-order valence-electron chi connectivity index (χ2n) is 4.08. The molecule has 3 rings (SSSR count). The number of benzene rings is 1. The Morgan fingerprint density at radius 1 is 1.18 bits per heavy atom. The minimum absolute atomic E-state index is 0.849. The minimum Gasteiger partial charge on any atom is -0.321 e. The van der Waals surface area contributed by atoms with Crippen LogP contribution in [-0.4, -0.2) is 16.5 Å². The Hall–Kier alpha value is -2.16. The van der Waals surface area contributed by atoms with E-state index in [9.17, 15) is 0 Å². The summed E-state index contributed by atoms with van der Waals surface area (Å²) in [6, 6.07) is 8.39. The van der Waals surface area contributed by atoms with Crippen molar-refractivity contribution in [3.05, 3.63) is 54.5 Å². The third-order valence-corrected chi connectivity index (χ3v) is 3.03. The van der Waals surface area contributed by atoms with E-state index in [0.29, 0.717) is 0 Å². The zero-order valence-electron chi connectivity index (χ0n) is 9.67. The third-order valence-electron chi connectivity index (χ3n) is 3.03. The molecule has 3 nitrogen and oxygen atoms in total. The first-order valence-electron chi connectivity index (χ1n) is 5.66. The lowest BCUT2D eigenvalue weighted by Crippen LogP contribution is -2.22. The molecule has 0 fully saturated rings. The van der Waals surface area contributed by atoms with Crippen LogP contribution in [0.25, 0.3) is 5.57 Å². The normalized spacial score (nSPS) is 14.2. The van der Waals surface area contributed by atoms with Crippen molar-refractivity contribution in [2.24, 2.45) is 0 Å². The molecule has 0 saturated carbocycles. The molecule has 1 aromatic heterocycles. The van der Waals surface area contributed by atoms with Gasteiger partial charge in [0.2, 0.25) is 0 Å². The van der Waals surface area contributed by atoms with Gasteiger partial charge in [0.15, 0.2) is 5.82 Å². The molecule has 3 heteroatoms. The summed E-state index contributed by atoms with van der Waals surface area (Å²) >= 11 is 0. The SMILES string of the molecule is CC1=CCN(c2cnccn2)c2ccccc21. The summed E-state index contributed by atoms with van der Waals surface area (Å²) in [4.78, 5) is 10.7. The number of allylic oxidation sites excluding steroid dienone is 1. The van der Waals surface area contributed by atoms with Gasteiger partial charge in [0.1, 0.15) is 0 Å². The molecule has 0 radical (unpaired) electrons. The molecule has 84 valence electrons.